The number of rotatable bonds is 5. The van der Waals surface area contributed by atoms with Crippen molar-refractivity contribution < 1.29 is 4.79 Å². The zero-order valence-electron chi connectivity index (χ0n) is 20.2. The van der Waals surface area contributed by atoms with Crippen LogP contribution in [0.5, 0.6) is 0 Å². The SMILES string of the molecule is CC(C)N1CCN(C(=O)[C@H]2CCCN(Cc3nc4ccccc4n3-c3cccc(Br)c3)C2)CC1. The van der Waals surface area contributed by atoms with Crippen LogP contribution < -0.4 is 0 Å². The van der Waals surface area contributed by atoms with Crippen molar-refractivity contribution in [2.75, 3.05) is 39.3 Å². The molecule has 0 radical (unpaired) electrons. The van der Waals surface area contributed by atoms with E-state index in [0.717, 1.165) is 85.7 Å². The van der Waals surface area contributed by atoms with Gasteiger partial charge < -0.3 is 4.90 Å². The van der Waals surface area contributed by atoms with Gasteiger partial charge in [-0.25, -0.2) is 4.98 Å². The van der Waals surface area contributed by atoms with Gasteiger partial charge in [-0.2, -0.15) is 0 Å². The fourth-order valence-electron chi connectivity index (χ4n) is 5.40. The molecule has 0 saturated carbocycles. The van der Waals surface area contributed by atoms with Crippen molar-refractivity contribution in [2.24, 2.45) is 5.92 Å². The minimum atomic E-state index is 0.0862. The van der Waals surface area contributed by atoms with E-state index in [2.05, 4.69) is 85.4 Å². The number of para-hydroxylation sites is 2. The minimum absolute atomic E-state index is 0.0862. The molecule has 180 valence electrons. The summed E-state index contributed by atoms with van der Waals surface area (Å²) in [6, 6.07) is 17.2. The van der Waals surface area contributed by atoms with E-state index in [-0.39, 0.29) is 5.92 Å². The van der Waals surface area contributed by atoms with Crippen LogP contribution in [0, 0.1) is 5.92 Å². The Morgan fingerprint density at radius 2 is 1.85 bits per heavy atom. The van der Waals surface area contributed by atoms with E-state index < -0.39 is 0 Å². The number of halogens is 1. The molecule has 1 amide bonds. The zero-order valence-corrected chi connectivity index (χ0v) is 21.7. The third kappa shape index (κ3) is 4.92. The average molecular weight is 525 g/mol. The van der Waals surface area contributed by atoms with Crippen molar-refractivity contribution in [3.8, 4) is 5.69 Å². The molecule has 7 heteroatoms. The number of imidazole rings is 1. The molecule has 0 N–H and O–H groups in total. The molecule has 0 unspecified atom stereocenters. The van der Waals surface area contributed by atoms with Crippen molar-refractivity contribution >= 4 is 32.9 Å². The number of fused-ring (bicyclic) bond motifs is 1. The van der Waals surface area contributed by atoms with Crippen molar-refractivity contribution in [1.29, 1.82) is 0 Å². The lowest BCUT2D eigenvalue weighted by atomic mass is 9.96. The monoisotopic (exact) mass is 523 g/mol. The summed E-state index contributed by atoms with van der Waals surface area (Å²) < 4.78 is 3.31. The van der Waals surface area contributed by atoms with Crippen LogP contribution in [-0.2, 0) is 11.3 Å². The maximum absolute atomic E-state index is 13.3. The highest BCUT2D eigenvalue weighted by molar-refractivity contribution is 9.10. The van der Waals surface area contributed by atoms with Crippen LogP contribution in [0.25, 0.3) is 16.7 Å². The number of amides is 1. The molecule has 2 aromatic carbocycles. The smallest absolute Gasteiger partial charge is 0.227 e. The van der Waals surface area contributed by atoms with E-state index in [9.17, 15) is 4.79 Å². The minimum Gasteiger partial charge on any atom is -0.340 e. The van der Waals surface area contributed by atoms with E-state index in [0.29, 0.717) is 11.9 Å². The molecular weight excluding hydrogens is 490 g/mol. The first-order valence-electron chi connectivity index (χ1n) is 12.5. The topological polar surface area (TPSA) is 44.6 Å². The molecule has 0 aliphatic carbocycles. The van der Waals surface area contributed by atoms with Gasteiger partial charge in [-0.3, -0.25) is 19.2 Å². The van der Waals surface area contributed by atoms with Gasteiger partial charge in [0.05, 0.1) is 23.5 Å². The van der Waals surface area contributed by atoms with Crippen LogP contribution in [-0.4, -0.2) is 75.5 Å². The van der Waals surface area contributed by atoms with Gasteiger partial charge >= 0.3 is 0 Å². The van der Waals surface area contributed by atoms with E-state index >= 15 is 0 Å². The standard InChI is InChI=1S/C27H34BrN5O/c1-20(2)31-13-15-32(16-14-31)27(34)21-7-6-12-30(18-21)19-26-29-24-10-3-4-11-25(24)33(26)23-9-5-8-22(28)17-23/h3-5,8-11,17,20-21H,6-7,12-16,18-19H2,1-2H3/t21-/m0/s1. The van der Waals surface area contributed by atoms with Crippen molar-refractivity contribution in [1.82, 2.24) is 24.3 Å². The molecule has 2 saturated heterocycles. The van der Waals surface area contributed by atoms with Crippen LogP contribution in [0.1, 0.15) is 32.5 Å². The summed E-state index contributed by atoms with van der Waals surface area (Å²) in [6.45, 7) is 10.7. The normalized spacial score (nSPS) is 20.4. The number of piperidine rings is 1. The number of nitrogens with zero attached hydrogens (tertiary/aromatic N) is 5. The quantitative estimate of drug-likeness (QED) is 0.491. The fraction of sp³-hybridized carbons (Fsp3) is 0.481. The average Bonchev–Trinajstić information content (AvgIpc) is 3.21. The number of carbonyl (C=O) groups excluding carboxylic acids is 1. The van der Waals surface area contributed by atoms with Crippen LogP contribution >= 0.6 is 15.9 Å². The predicted molar refractivity (Wildman–Crippen MR) is 140 cm³/mol. The fourth-order valence-corrected chi connectivity index (χ4v) is 5.79. The van der Waals surface area contributed by atoms with Gasteiger partial charge in [0.2, 0.25) is 5.91 Å². The maximum atomic E-state index is 13.3. The van der Waals surface area contributed by atoms with Gasteiger partial charge in [-0.05, 0) is 63.6 Å². The summed E-state index contributed by atoms with van der Waals surface area (Å²) in [5.74, 6) is 1.45. The number of hydrogen-bond acceptors (Lipinski definition) is 4. The van der Waals surface area contributed by atoms with Crippen molar-refractivity contribution in [2.45, 2.75) is 39.3 Å². The van der Waals surface area contributed by atoms with Crippen LogP contribution in [0.4, 0.5) is 0 Å². The molecule has 2 fully saturated rings. The van der Waals surface area contributed by atoms with E-state index in [1.165, 1.54) is 0 Å². The molecule has 1 aromatic heterocycles. The number of likely N-dealkylation sites (tertiary alicyclic amines) is 1. The summed E-state index contributed by atoms with van der Waals surface area (Å²) in [7, 11) is 0. The zero-order chi connectivity index (χ0) is 23.7. The lowest BCUT2D eigenvalue weighted by Crippen LogP contribution is -2.53. The van der Waals surface area contributed by atoms with Gasteiger partial charge in [-0.1, -0.05) is 34.1 Å². The molecule has 3 aromatic rings. The highest BCUT2D eigenvalue weighted by Gasteiger charge is 2.32. The Morgan fingerprint density at radius 1 is 1.06 bits per heavy atom. The number of aromatic nitrogens is 2. The summed E-state index contributed by atoms with van der Waals surface area (Å²) in [5.41, 5.74) is 3.22. The first-order chi connectivity index (χ1) is 16.5. The first-order valence-corrected chi connectivity index (χ1v) is 13.3. The Morgan fingerprint density at radius 3 is 2.62 bits per heavy atom. The highest BCUT2D eigenvalue weighted by atomic mass is 79.9. The van der Waals surface area contributed by atoms with Gasteiger partial charge in [0, 0.05) is 48.9 Å². The number of piperazine rings is 1. The second-order valence-electron chi connectivity index (χ2n) is 9.86. The second-order valence-corrected chi connectivity index (χ2v) is 10.8. The predicted octanol–water partition coefficient (Wildman–Crippen LogP) is 4.55. The molecule has 2 aliphatic rings. The molecule has 0 spiro atoms. The Kier molecular flexibility index (Phi) is 7.04. The van der Waals surface area contributed by atoms with E-state index in [4.69, 9.17) is 4.98 Å². The number of benzene rings is 2. The maximum Gasteiger partial charge on any atom is 0.227 e. The number of carbonyl (C=O) groups is 1. The van der Waals surface area contributed by atoms with Crippen LogP contribution in [0.3, 0.4) is 0 Å². The van der Waals surface area contributed by atoms with E-state index in [1.807, 2.05) is 12.1 Å². The van der Waals surface area contributed by atoms with Gasteiger partial charge in [0.1, 0.15) is 5.82 Å². The van der Waals surface area contributed by atoms with Crippen molar-refractivity contribution in [3.05, 3.63) is 58.8 Å². The van der Waals surface area contributed by atoms with Gasteiger partial charge in [0.25, 0.3) is 0 Å². The summed E-state index contributed by atoms with van der Waals surface area (Å²) in [6.07, 6.45) is 2.04. The van der Waals surface area contributed by atoms with Crippen LogP contribution in [0.2, 0.25) is 0 Å². The Balaban J connectivity index is 1.33. The lowest BCUT2D eigenvalue weighted by molar-refractivity contribution is -0.139. The summed E-state index contributed by atoms with van der Waals surface area (Å²) in [5, 5.41) is 0. The first kappa shape index (κ1) is 23.5. The molecular formula is C27H34BrN5O. The molecule has 3 heterocycles. The van der Waals surface area contributed by atoms with Gasteiger partial charge in [-0.15, -0.1) is 0 Å². The third-order valence-electron chi connectivity index (χ3n) is 7.27. The van der Waals surface area contributed by atoms with Crippen LogP contribution in [0.15, 0.2) is 53.0 Å². The lowest BCUT2D eigenvalue weighted by Gasteiger charge is -2.40. The third-order valence-corrected chi connectivity index (χ3v) is 7.77. The summed E-state index contributed by atoms with van der Waals surface area (Å²) in [4.78, 5) is 25.3. The van der Waals surface area contributed by atoms with E-state index in [1.54, 1.807) is 0 Å². The Bertz CT molecular complexity index is 1150. The molecule has 0 bridgehead atoms. The number of hydrogen-bond donors (Lipinski definition) is 0. The largest absolute Gasteiger partial charge is 0.340 e. The molecule has 5 rings (SSSR count). The molecule has 34 heavy (non-hydrogen) atoms. The molecule has 1 atom stereocenters. The Hall–Kier alpha value is -2.22. The highest BCUT2D eigenvalue weighted by Crippen LogP contribution is 2.27. The molecule has 2 aliphatic heterocycles. The Labute approximate surface area is 210 Å². The van der Waals surface area contributed by atoms with Crippen molar-refractivity contribution in [3.63, 3.8) is 0 Å². The second kappa shape index (κ2) is 10.2. The summed E-state index contributed by atoms with van der Waals surface area (Å²) >= 11 is 3.62. The van der Waals surface area contributed by atoms with Gasteiger partial charge in [0.15, 0.2) is 0 Å². The molecule has 6 nitrogen and oxygen atoms in total.